The predicted octanol–water partition coefficient (Wildman–Crippen LogP) is 5.61. The van der Waals surface area contributed by atoms with Crippen LogP contribution in [0.1, 0.15) is 36.8 Å². The summed E-state index contributed by atoms with van der Waals surface area (Å²) in [5, 5.41) is 4.71. The lowest BCUT2D eigenvalue weighted by molar-refractivity contribution is 0.280. The maximum Gasteiger partial charge on any atom is 0.166 e. The van der Waals surface area contributed by atoms with Crippen LogP contribution in [0, 0.1) is 0 Å². The van der Waals surface area contributed by atoms with Crippen molar-refractivity contribution in [1.29, 1.82) is 0 Å². The number of ether oxygens (including phenoxy) is 2. The van der Waals surface area contributed by atoms with E-state index in [-0.39, 0.29) is 0 Å². The van der Waals surface area contributed by atoms with Gasteiger partial charge in [0.05, 0.1) is 17.2 Å². The summed E-state index contributed by atoms with van der Waals surface area (Å²) < 4.78 is 11.6. The third kappa shape index (κ3) is 4.81. The molecule has 25 heavy (non-hydrogen) atoms. The van der Waals surface area contributed by atoms with Crippen LogP contribution in [0.15, 0.2) is 36.4 Å². The van der Waals surface area contributed by atoms with Crippen LogP contribution in [0.25, 0.3) is 0 Å². The number of benzene rings is 2. The molecule has 1 N–H and O–H groups in total. The highest BCUT2D eigenvalue weighted by Gasteiger charge is 2.16. The Bertz CT molecular complexity index is 715. The molecule has 1 aliphatic rings. The Labute approximate surface area is 159 Å². The highest BCUT2D eigenvalue weighted by Crippen LogP contribution is 2.33. The number of nitrogens with one attached hydrogen (secondary N) is 1. The van der Waals surface area contributed by atoms with E-state index >= 15 is 0 Å². The molecule has 1 saturated carbocycles. The van der Waals surface area contributed by atoms with Crippen LogP contribution in [-0.2, 0) is 13.2 Å². The summed E-state index contributed by atoms with van der Waals surface area (Å²) >= 11 is 12.1. The highest BCUT2D eigenvalue weighted by molar-refractivity contribution is 6.42. The molecule has 134 valence electrons. The number of halogens is 2. The quantitative estimate of drug-likeness (QED) is 0.677. The lowest BCUT2D eigenvalue weighted by Gasteiger charge is -2.17. The van der Waals surface area contributed by atoms with E-state index in [9.17, 15) is 0 Å². The van der Waals surface area contributed by atoms with Crippen molar-refractivity contribution < 1.29 is 9.47 Å². The Morgan fingerprint density at radius 1 is 1.08 bits per heavy atom. The van der Waals surface area contributed by atoms with Crippen LogP contribution >= 0.6 is 23.2 Å². The van der Waals surface area contributed by atoms with E-state index in [1.165, 1.54) is 25.7 Å². The summed E-state index contributed by atoms with van der Waals surface area (Å²) in [7, 11) is 1.66. The van der Waals surface area contributed by atoms with Crippen molar-refractivity contribution >= 4 is 23.2 Å². The van der Waals surface area contributed by atoms with E-state index in [1.54, 1.807) is 13.2 Å². The second kappa shape index (κ2) is 8.79. The predicted molar refractivity (Wildman–Crippen MR) is 103 cm³/mol. The van der Waals surface area contributed by atoms with Crippen LogP contribution in [0.2, 0.25) is 10.0 Å². The van der Waals surface area contributed by atoms with Gasteiger partial charge in [0.1, 0.15) is 6.61 Å². The molecule has 0 spiro atoms. The van der Waals surface area contributed by atoms with Gasteiger partial charge in [0.2, 0.25) is 0 Å². The van der Waals surface area contributed by atoms with Gasteiger partial charge in [-0.1, -0.05) is 54.2 Å². The van der Waals surface area contributed by atoms with Gasteiger partial charge in [0.15, 0.2) is 11.5 Å². The number of methoxy groups -OCH3 is 1. The molecule has 0 amide bonds. The maximum absolute atomic E-state index is 6.09. The van der Waals surface area contributed by atoms with Gasteiger partial charge >= 0.3 is 0 Å². The molecule has 0 saturated heterocycles. The zero-order valence-corrected chi connectivity index (χ0v) is 15.9. The first-order chi connectivity index (χ1) is 12.2. The summed E-state index contributed by atoms with van der Waals surface area (Å²) in [6.07, 6.45) is 5.14. The summed E-state index contributed by atoms with van der Waals surface area (Å²) in [6, 6.07) is 12.1. The molecule has 3 nitrogen and oxygen atoms in total. The standard InChI is InChI=1S/C20H23Cl2NO2/c1-24-19-8-4-5-15(12-23-16-6-2-3-7-16)20(19)25-13-14-9-10-17(21)18(22)11-14/h4-5,8-11,16,23H,2-3,6-7,12-13H2,1H3. The SMILES string of the molecule is COc1cccc(CNC2CCCC2)c1OCc1ccc(Cl)c(Cl)c1. The van der Waals surface area contributed by atoms with Crippen LogP contribution in [-0.4, -0.2) is 13.2 Å². The van der Waals surface area contributed by atoms with Crippen molar-refractivity contribution in [2.24, 2.45) is 0 Å². The van der Waals surface area contributed by atoms with Crippen molar-refractivity contribution in [1.82, 2.24) is 5.32 Å². The average Bonchev–Trinajstić information content (AvgIpc) is 3.14. The van der Waals surface area contributed by atoms with Crippen molar-refractivity contribution in [3.63, 3.8) is 0 Å². The molecule has 0 bridgehead atoms. The van der Waals surface area contributed by atoms with Crippen LogP contribution in [0.4, 0.5) is 0 Å². The topological polar surface area (TPSA) is 30.5 Å². The Morgan fingerprint density at radius 2 is 1.88 bits per heavy atom. The first-order valence-electron chi connectivity index (χ1n) is 8.63. The van der Waals surface area contributed by atoms with Gasteiger partial charge in [0, 0.05) is 18.2 Å². The molecule has 0 heterocycles. The number of rotatable bonds is 7. The van der Waals surface area contributed by atoms with Crippen molar-refractivity contribution in [2.75, 3.05) is 7.11 Å². The molecule has 0 atom stereocenters. The van der Waals surface area contributed by atoms with Gasteiger partial charge in [-0.05, 0) is 36.6 Å². The monoisotopic (exact) mass is 379 g/mol. The van der Waals surface area contributed by atoms with Crippen LogP contribution < -0.4 is 14.8 Å². The van der Waals surface area contributed by atoms with E-state index in [2.05, 4.69) is 11.4 Å². The van der Waals surface area contributed by atoms with E-state index in [4.69, 9.17) is 32.7 Å². The first kappa shape index (κ1) is 18.4. The molecule has 1 aliphatic carbocycles. The van der Waals surface area contributed by atoms with Gasteiger partial charge < -0.3 is 14.8 Å². The molecule has 0 aliphatic heterocycles. The fraction of sp³-hybridized carbons (Fsp3) is 0.400. The Hall–Kier alpha value is -1.42. The molecule has 0 unspecified atom stereocenters. The Balaban J connectivity index is 1.72. The first-order valence-corrected chi connectivity index (χ1v) is 9.39. The molecule has 0 aromatic heterocycles. The zero-order valence-electron chi connectivity index (χ0n) is 14.4. The molecule has 5 heteroatoms. The smallest absolute Gasteiger partial charge is 0.166 e. The van der Waals surface area contributed by atoms with Crippen molar-refractivity contribution in [3.05, 3.63) is 57.6 Å². The van der Waals surface area contributed by atoms with Crippen LogP contribution in [0.3, 0.4) is 0 Å². The maximum atomic E-state index is 6.09. The Morgan fingerprint density at radius 3 is 2.60 bits per heavy atom. The lowest BCUT2D eigenvalue weighted by atomic mass is 10.1. The molecule has 2 aromatic rings. The number of hydrogen-bond acceptors (Lipinski definition) is 3. The number of para-hydroxylation sites is 1. The average molecular weight is 380 g/mol. The van der Waals surface area contributed by atoms with Crippen molar-refractivity contribution in [2.45, 2.75) is 44.9 Å². The van der Waals surface area contributed by atoms with Crippen molar-refractivity contribution in [3.8, 4) is 11.5 Å². The van der Waals surface area contributed by atoms with E-state index < -0.39 is 0 Å². The minimum atomic E-state index is 0.410. The number of hydrogen-bond donors (Lipinski definition) is 1. The van der Waals surface area contributed by atoms with E-state index in [0.717, 1.165) is 29.2 Å². The largest absolute Gasteiger partial charge is 0.493 e. The summed E-state index contributed by atoms with van der Waals surface area (Å²) in [4.78, 5) is 0. The minimum absolute atomic E-state index is 0.410. The molecule has 0 radical (unpaired) electrons. The Kier molecular flexibility index (Phi) is 6.46. The normalized spacial score (nSPS) is 14.7. The van der Waals surface area contributed by atoms with Gasteiger partial charge in [-0.25, -0.2) is 0 Å². The third-order valence-electron chi connectivity index (χ3n) is 4.58. The zero-order chi connectivity index (χ0) is 17.6. The van der Waals surface area contributed by atoms with E-state index in [1.807, 2.05) is 24.3 Å². The summed E-state index contributed by atoms with van der Waals surface area (Å²) in [5.41, 5.74) is 2.07. The molecule has 3 rings (SSSR count). The molecular formula is C20H23Cl2NO2. The fourth-order valence-corrected chi connectivity index (χ4v) is 3.51. The van der Waals surface area contributed by atoms with Gasteiger partial charge in [-0.15, -0.1) is 0 Å². The molecule has 1 fully saturated rings. The molecule has 2 aromatic carbocycles. The highest BCUT2D eigenvalue weighted by atomic mass is 35.5. The van der Waals surface area contributed by atoms with Gasteiger partial charge in [0.25, 0.3) is 0 Å². The van der Waals surface area contributed by atoms with Crippen LogP contribution in [0.5, 0.6) is 11.5 Å². The second-order valence-corrected chi connectivity index (χ2v) is 7.16. The fourth-order valence-electron chi connectivity index (χ4n) is 3.19. The summed E-state index contributed by atoms with van der Waals surface area (Å²) in [5.74, 6) is 1.52. The lowest BCUT2D eigenvalue weighted by Crippen LogP contribution is -2.25. The summed E-state index contributed by atoms with van der Waals surface area (Å²) in [6.45, 7) is 1.19. The second-order valence-electron chi connectivity index (χ2n) is 6.35. The van der Waals surface area contributed by atoms with Gasteiger partial charge in [-0.3, -0.25) is 0 Å². The van der Waals surface area contributed by atoms with Gasteiger partial charge in [-0.2, -0.15) is 0 Å². The third-order valence-corrected chi connectivity index (χ3v) is 5.32. The minimum Gasteiger partial charge on any atom is -0.493 e. The van der Waals surface area contributed by atoms with E-state index in [0.29, 0.717) is 22.7 Å². The molecular weight excluding hydrogens is 357 g/mol.